The Labute approximate surface area is 190 Å². The largest absolute Gasteiger partial charge is 0.497 e. The zero-order valence-electron chi connectivity index (χ0n) is 17.4. The lowest BCUT2D eigenvalue weighted by molar-refractivity contribution is 0.0723. The van der Waals surface area contributed by atoms with Crippen molar-refractivity contribution in [2.75, 3.05) is 14.2 Å². The van der Waals surface area contributed by atoms with E-state index in [2.05, 4.69) is 11.9 Å². The third-order valence-corrected chi connectivity index (χ3v) is 5.85. The number of carbonyl (C=O) groups excluding carboxylic acids is 2. The molecule has 0 saturated carbocycles. The first-order chi connectivity index (χ1) is 13.5. The Morgan fingerprint density at radius 3 is 1.79 bits per heavy atom. The Hall–Kier alpha value is -1.73. The minimum atomic E-state index is 0. The lowest BCUT2D eigenvalue weighted by atomic mass is 9.88. The number of carbonyl (C=O) groups is 2. The molecule has 156 valence electrons. The van der Waals surface area contributed by atoms with Gasteiger partial charge in [0, 0.05) is 36.1 Å². The van der Waals surface area contributed by atoms with E-state index < -0.39 is 0 Å². The topological polar surface area (TPSA) is 46.6 Å². The molecule has 0 aliphatic carbocycles. The van der Waals surface area contributed by atoms with Gasteiger partial charge in [-0.25, -0.2) is 0 Å². The number of hydrogen-bond acceptors (Lipinski definition) is 4. The van der Waals surface area contributed by atoms with E-state index in [1.807, 2.05) is 55.5 Å². The average Bonchev–Trinajstić information content (AvgIpc) is 2.71. The first-order valence-corrected chi connectivity index (χ1v) is 9.97. The second-order valence-corrected chi connectivity index (χ2v) is 7.75. The van der Waals surface area contributed by atoms with E-state index in [0.717, 1.165) is 36.1 Å². The number of Topliss-reactive ketones (excluding diaryl/α,β-unsaturated/α-hetero) is 2. The molecule has 29 heavy (non-hydrogen) atoms. The molecule has 5 heteroatoms. The van der Waals surface area contributed by atoms with Crippen molar-refractivity contribution >= 4 is 35.5 Å². The Kier molecular flexibility index (Phi) is 8.83. The van der Waals surface area contributed by atoms with Gasteiger partial charge in [0.15, 0.2) is 11.6 Å². The molecule has 2 unspecified atom stereocenters. The summed E-state index contributed by atoms with van der Waals surface area (Å²) in [4.78, 5) is 27.6. The number of benzene rings is 2. The number of halogens is 1. The van der Waals surface area contributed by atoms with E-state index >= 15 is 0 Å². The van der Waals surface area contributed by atoms with Crippen molar-refractivity contribution in [2.45, 2.75) is 51.1 Å². The quantitative estimate of drug-likeness (QED) is 0.376. The number of nitrogens with zero attached hydrogens (tertiary/aromatic N) is 1. The molecule has 4 nitrogen and oxygen atoms in total. The fourth-order valence-electron chi connectivity index (χ4n) is 3.97. The highest BCUT2D eigenvalue weighted by Crippen LogP contribution is 2.27. The molecule has 0 amide bonds. The van der Waals surface area contributed by atoms with Crippen LogP contribution in [0.15, 0.2) is 48.5 Å². The molecule has 1 saturated heterocycles. The van der Waals surface area contributed by atoms with Crippen LogP contribution in [0.3, 0.4) is 0 Å². The maximum atomic E-state index is 12.7. The highest BCUT2D eigenvalue weighted by atomic mass is 127. The van der Waals surface area contributed by atoms with Crippen LogP contribution in [0.2, 0.25) is 0 Å². The van der Waals surface area contributed by atoms with Crippen LogP contribution in [0.25, 0.3) is 0 Å². The summed E-state index contributed by atoms with van der Waals surface area (Å²) in [6, 6.07) is 15.4. The lowest BCUT2D eigenvalue weighted by Crippen LogP contribution is -2.45. The summed E-state index contributed by atoms with van der Waals surface area (Å²) in [5, 5.41) is 0. The molecule has 0 bridgehead atoms. The lowest BCUT2D eigenvalue weighted by Gasteiger charge is -2.39. The molecular formula is C24H30INO3. The van der Waals surface area contributed by atoms with E-state index in [9.17, 15) is 9.59 Å². The van der Waals surface area contributed by atoms with Gasteiger partial charge in [-0.1, -0.05) is 36.2 Å². The number of likely N-dealkylation sites (tertiary alicyclic amines) is 1. The predicted molar refractivity (Wildman–Crippen MR) is 127 cm³/mol. The normalized spacial score (nSPS) is 19.3. The average molecular weight is 507 g/mol. The first kappa shape index (κ1) is 23.5. The molecular weight excluding hydrogens is 477 g/mol. The molecule has 1 aliphatic rings. The van der Waals surface area contributed by atoms with Crippen molar-refractivity contribution in [1.82, 2.24) is 4.90 Å². The molecule has 3 rings (SSSR count). The molecule has 1 heterocycles. The number of ether oxygens (including phenoxy) is 1. The zero-order chi connectivity index (χ0) is 20.1. The van der Waals surface area contributed by atoms with E-state index in [0.29, 0.717) is 18.4 Å². The van der Waals surface area contributed by atoms with Crippen LogP contribution in [-0.2, 0) is 0 Å². The molecule has 1 aliphatic heterocycles. The van der Waals surface area contributed by atoms with Crippen molar-refractivity contribution in [3.8, 4) is 5.75 Å². The first-order valence-electron chi connectivity index (χ1n) is 9.97. The molecule has 0 spiro atoms. The van der Waals surface area contributed by atoms with Gasteiger partial charge >= 0.3 is 0 Å². The van der Waals surface area contributed by atoms with Crippen LogP contribution in [0.1, 0.15) is 58.4 Å². The number of hydrogen-bond donors (Lipinski definition) is 0. The van der Waals surface area contributed by atoms with Crippen molar-refractivity contribution < 1.29 is 14.3 Å². The van der Waals surface area contributed by atoms with Gasteiger partial charge in [-0.2, -0.15) is 0 Å². The Morgan fingerprint density at radius 2 is 1.34 bits per heavy atom. The van der Waals surface area contributed by atoms with Crippen molar-refractivity contribution in [3.63, 3.8) is 0 Å². The molecule has 2 aromatic rings. The summed E-state index contributed by atoms with van der Waals surface area (Å²) in [5.41, 5.74) is 2.64. The third-order valence-electron chi connectivity index (χ3n) is 5.85. The SMILES string of the molecule is COc1ccc(C(=O)CC2CCCC(CC(=O)c3ccc(C)cc3)N2C)cc1.I. The van der Waals surface area contributed by atoms with Gasteiger partial charge < -0.3 is 4.74 Å². The van der Waals surface area contributed by atoms with Gasteiger partial charge in [0.25, 0.3) is 0 Å². The molecule has 2 aromatic carbocycles. The predicted octanol–water partition coefficient (Wildman–Crippen LogP) is 5.32. The number of piperidine rings is 1. The highest BCUT2D eigenvalue weighted by molar-refractivity contribution is 14.0. The summed E-state index contributed by atoms with van der Waals surface area (Å²) in [6.45, 7) is 2.02. The Balaban J connectivity index is 0.00000300. The second kappa shape index (κ2) is 10.9. The van der Waals surface area contributed by atoms with E-state index in [1.54, 1.807) is 7.11 Å². The molecule has 0 N–H and O–H groups in total. The van der Waals surface area contributed by atoms with Gasteiger partial charge in [-0.3, -0.25) is 14.5 Å². The van der Waals surface area contributed by atoms with Crippen molar-refractivity contribution in [3.05, 3.63) is 65.2 Å². The van der Waals surface area contributed by atoms with Crippen LogP contribution in [0.4, 0.5) is 0 Å². The van der Waals surface area contributed by atoms with E-state index in [1.165, 1.54) is 0 Å². The molecule has 1 fully saturated rings. The van der Waals surface area contributed by atoms with Crippen molar-refractivity contribution in [2.24, 2.45) is 0 Å². The zero-order valence-corrected chi connectivity index (χ0v) is 19.7. The minimum absolute atomic E-state index is 0. The minimum Gasteiger partial charge on any atom is -0.497 e. The number of methoxy groups -OCH3 is 1. The van der Waals surface area contributed by atoms with Crippen LogP contribution < -0.4 is 4.74 Å². The second-order valence-electron chi connectivity index (χ2n) is 7.75. The van der Waals surface area contributed by atoms with Crippen LogP contribution in [-0.4, -0.2) is 42.7 Å². The molecule has 0 radical (unpaired) electrons. The van der Waals surface area contributed by atoms with E-state index in [4.69, 9.17) is 4.74 Å². The van der Waals surface area contributed by atoms with Crippen molar-refractivity contribution in [1.29, 1.82) is 0 Å². The summed E-state index contributed by atoms with van der Waals surface area (Å²) < 4.78 is 5.16. The highest BCUT2D eigenvalue weighted by Gasteiger charge is 2.30. The standard InChI is InChI=1S/C24H29NO3.HI/c1-17-7-9-18(10-8-17)23(26)15-20-5-4-6-21(25(20)2)16-24(27)19-11-13-22(28-3)14-12-19;/h7-14,20-21H,4-6,15-16H2,1-3H3;1H. The van der Waals surface area contributed by atoms with Crippen LogP contribution >= 0.6 is 24.0 Å². The van der Waals surface area contributed by atoms with Gasteiger partial charge in [0.2, 0.25) is 0 Å². The monoisotopic (exact) mass is 507 g/mol. The van der Waals surface area contributed by atoms with Gasteiger partial charge in [0.1, 0.15) is 5.75 Å². The number of rotatable bonds is 7. The fourth-order valence-corrected chi connectivity index (χ4v) is 3.97. The molecule has 0 aromatic heterocycles. The third kappa shape index (κ3) is 6.12. The Morgan fingerprint density at radius 1 is 0.897 bits per heavy atom. The maximum Gasteiger partial charge on any atom is 0.164 e. The van der Waals surface area contributed by atoms with Gasteiger partial charge in [-0.05, 0) is 51.1 Å². The van der Waals surface area contributed by atoms with E-state index in [-0.39, 0.29) is 47.6 Å². The smallest absolute Gasteiger partial charge is 0.164 e. The summed E-state index contributed by atoms with van der Waals surface area (Å²) in [6.07, 6.45) is 4.04. The van der Waals surface area contributed by atoms with Crippen LogP contribution in [0, 0.1) is 6.92 Å². The summed E-state index contributed by atoms with van der Waals surface area (Å²) in [7, 11) is 3.67. The van der Waals surface area contributed by atoms with Gasteiger partial charge in [0.05, 0.1) is 7.11 Å². The Bertz CT molecular complexity index is 817. The number of ketones is 2. The summed E-state index contributed by atoms with van der Waals surface area (Å²) in [5.74, 6) is 1.07. The maximum absolute atomic E-state index is 12.7. The van der Waals surface area contributed by atoms with Crippen LogP contribution in [0.5, 0.6) is 5.75 Å². The fraction of sp³-hybridized carbons (Fsp3) is 0.417. The molecule has 2 atom stereocenters. The van der Waals surface area contributed by atoms with Gasteiger partial charge in [-0.15, -0.1) is 24.0 Å². The summed E-state index contributed by atoms with van der Waals surface area (Å²) >= 11 is 0. The number of aryl methyl sites for hydroxylation is 1.